The van der Waals surface area contributed by atoms with Crippen LogP contribution >= 0.6 is 23.4 Å². The Morgan fingerprint density at radius 2 is 2.03 bits per heavy atom. The summed E-state index contributed by atoms with van der Waals surface area (Å²) in [6.45, 7) is 8.14. The molecule has 2 aromatic carbocycles. The fourth-order valence-corrected chi connectivity index (χ4v) is 4.90. The third-order valence-electron chi connectivity index (χ3n) is 5.35. The molecule has 0 saturated heterocycles. The highest BCUT2D eigenvalue weighted by Gasteiger charge is 2.35. The molecule has 0 radical (unpaired) electrons. The lowest BCUT2D eigenvalue weighted by Crippen LogP contribution is -2.29. The van der Waals surface area contributed by atoms with Crippen LogP contribution in [0.5, 0.6) is 0 Å². The Hall–Kier alpha value is -2.77. The number of carbonyl (C=O) groups excluding carboxylic acids is 1. The molecule has 0 spiro atoms. The van der Waals surface area contributed by atoms with Gasteiger partial charge in [-0.2, -0.15) is 4.98 Å². The molecule has 1 aliphatic heterocycles. The van der Waals surface area contributed by atoms with Crippen LogP contribution in [-0.4, -0.2) is 27.3 Å². The molecule has 1 aliphatic rings. The van der Waals surface area contributed by atoms with Gasteiger partial charge in [0, 0.05) is 16.5 Å². The quantitative estimate of drug-likeness (QED) is 0.370. The highest BCUT2D eigenvalue weighted by Crippen LogP contribution is 2.37. The SMILES string of the molecule is CCOC(=O)C1=C(C)Nc2nc(SCc3ccc(C)cc3C)nn2C1c1cccc(Cl)c1. The number of benzene rings is 2. The number of fused-ring (bicyclic) bond motifs is 1. The average molecular weight is 469 g/mol. The topological polar surface area (TPSA) is 69.0 Å². The van der Waals surface area contributed by atoms with E-state index in [0.29, 0.717) is 34.0 Å². The molecule has 1 N–H and O–H groups in total. The Morgan fingerprint density at radius 3 is 2.75 bits per heavy atom. The fraction of sp³-hybridized carbons (Fsp3) is 0.292. The van der Waals surface area contributed by atoms with Crippen molar-refractivity contribution in [2.45, 2.75) is 44.6 Å². The van der Waals surface area contributed by atoms with E-state index in [2.05, 4.69) is 42.3 Å². The van der Waals surface area contributed by atoms with Gasteiger partial charge in [-0.25, -0.2) is 9.48 Å². The number of thioether (sulfide) groups is 1. The van der Waals surface area contributed by atoms with Crippen LogP contribution in [0, 0.1) is 13.8 Å². The summed E-state index contributed by atoms with van der Waals surface area (Å²) in [5.41, 5.74) is 5.77. The maximum Gasteiger partial charge on any atom is 0.338 e. The Balaban J connectivity index is 1.69. The molecule has 4 rings (SSSR count). The van der Waals surface area contributed by atoms with Gasteiger partial charge in [-0.1, -0.05) is 59.3 Å². The third-order valence-corrected chi connectivity index (χ3v) is 6.47. The molecule has 3 aromatic rings. The standard InChI is InChI=1S/C24H25ClN4O2S/c1-5-31-22(30)20-16(4)26-23-27-24(32-13-18-10-9-14(2)11-15(18)3)28-29(23)21(20)17-7-6-8-19(25)12-17/h6-12,21H,5,13H2,1-4H3,(H,26,27,28). The number of esters is 1. The van der Waals surface area contributed by atoms with E-state index in [1.54, 1.807) is 29.4 Å². The van der Waals surface area contributed by atoms with E-state index in [0.717, 1.165) is 11.3 Å². The van der Waals surface area contributed by atoms with E-state index in [1.807, 2.05) is 25.1 Å². The zero-order chi connectivity index (χ0) is 22.8. The maximum absolute atomic E-state index is 12.8. The summed E-state index contributed by atoms with van der Waals surface area (Å²) in [5, 5.41) is 9.20. The van der Waals surface area contributed by atoms with E-state index in [-0.39, 0.29) is 5.97 Å². The molecule has 1 aromatic heterocycles. The molecule has 8 heteroatoms. The van der Waals surface area contributed by atoms with E-state index < -0.39 is 6.04 Å². The van der Waals surface area contributed by atoms with Crippen molar-refractivity contribution in [1.29, 1.82) is 0 Å². The van der Waals surface area contributed by atoms with Crippen LogP contribution in [0.4, 0.5) is 5.95 Å². The van der Waals surface area contributed by atoms with Crippen LogP contribution in [0.15, 0.2) is 58.9 Å². The van der Waals surface area contributed by atoms with Gasteiger partial charge < -0.3 is 10.1 Å². The van der Waals surface area contributed by atoms with Gasteiger partial charge in [0.25, 0.3) is 0 Å². The van der Waals surface area contributed by atoms with Crippen LogP contribution in [0.3, 0.4) is 0 Å². The minimum absolute atomic E-state index is 0.291. The highest BCUT2D eigenvalue weighted by atomic mass is 35.5. The molecular weight excluding hydrogens is 444 g/mol. The normalized spacial score (nSPS) is 15.3. The first-order valence-electron chi connectivity index (χ1n) is 10.4. The van der Waals surface area contributed by atoms with Gasteiger partial charge >= 0.3 is 5.97 Å². The first kappa shape index (κ1) is 22.4. The molecule has 1 atom stereocenters. The summed E-state index contributed by atoms with van der Waals surface area (Å²) in [6.07, 6.45) is 0. The summed E-state index contributed by atoms with van der Waals surface area (Å²) in [7, 11) is 0. The van der Waals surface area contributed by atoms with Gasteiger partial charge in [0.15, 0.2) is 0 Å². The van der Waals surface area contributed by atoms with Crippen LogP contribution < -0.4 is 5.32 Å². The minimum atomic E-state index is -0.480. The van der Waals surface area contributed by atoms with Crippen molar-refractivity contribution in [3.8, 4) is 0 Å². The Morgan fingerprint density at radius 1 is 1.22 bits per heavy atom. The van der Waals surface area contributed by atoms with Crippen molar-refractivity contribution >= 4 is 35.3 Å². The lowest BCUT2D eigenvalue weighted by molar-refractivity contribution is -0.139. The van der Waals surface area contributed by atoms with Crippen molar-refractivity contribution in [2.75, 3.05) is 11.9 Å². The first-order valence-corrected chi connectivity index (χ1v) is 11.8. The van der Waals surface area contributed by atoms with Crippen LogP contribution in [0.25, 0.3) is 0 Å². The van der Waals surface area contributed by atoms with E-state index in [9.17, 15) is 4.79 Å². The highest BCUT2D eigenvalue weighted by molar-refractivity contribution is 7.98. The molecular formula is C24H25ClN4O2S. The lowest BCUT2D eigenvalue weighted by Gasteiger charge is -2.28. The predicted octanol–water partition coefficient (Wildman–Crippen LogP) is 5.69. The van der Waals surface area contributed by atoms with Gasteiger partial charge in [-0.3, -0.25) is 0 Å². The predicted molar refractivity (Wildman–Crippen MR) is 128 cm³/mol. The zero-order valence-corrected chi connectivity index (χ0v) is 20.0. The second kappa shape index (κ2) is 9.38. The molecule has 1 unspecified atom stereocenters. The molecule has 0 amide bonds. The Bertz CT molecular complexity index is 1200. The number of ether oxygens (including phenoxy) is 1. The second-order valence-corrected chi connectivity index (χ2v) is 9.10. The number of nitrogens with zero attached hydrogens (tertiary/aromatic N) is 3. The van der Waals surface area contributed by atoms with E-state index >= 15 is 0 Å². The van der Waals surface area contributed by atoms with Crippen LogP contribution in [0.2, 0.25) is 5.02 Å². The minimum Gasteiger partial charge on any atom is -0.463 e. The largest absolute Gasteiger partial charge is 0.463 e. The average Bonchev–Trinajstić information content (AvgIpc) is 3.14. The number of hydrogen-bond donors (Lipinski definition) is 1. The summed E-state index contributed by atoms with van der Waals surface area (Å²) < 4.78 is 7.09. The van der Waals surface area contributed by atoms with Crippen molar-refractivity contribution in [3.05, 3.63) is 81.0 Å². The van der Waals surface area contributed by atoms with Crippen molar-refractivity contribution in [1.82, 2.24) is 14.8 Å². The van der Waals surface area contributed by atoms with Crippen molar-refractivity contribution in [2.24, 2.45) is 0 Å². The number of hydrogen-bond acceptors (Lipinski definition) is 6. The summed E-state index contributed by atoms with van der Waals surface area (Å²) in [6, 6.07) is 13.4. The molecule has 0 fully saturated rings. The zero-order valence-electron chi connectivity index (χ0n) is 18.5. The molecule has 166 valence electrons. The number of aryl methyl sites for hydroxylation is 2. The monoisotopic (exact) mass is 468 g/mol. The van der Waals surface area contributed by atoms with Crippen molar-refractivity contribution in [3.63, 3.8) is 0 Å². The van der Waals surface area contributed by atoms with E-state index in [4.69, 9.17) is 21.4 Å². The molecule has 32 heavy (non-hydrogen) atoms. The number of halogens is 1. The number of rotatable bonds is 6. The summed E-state index contributed by atoms with van der Waals surface area (Å²) in [4.78, 5) is 17.5. The molecule has 6 nitrogen and oxygen atoms in total. The van der Waals surface area contributed by atoms with Gasteiger partial charge in [0.2, 0.25) is 11.1 Å². The van der Waals surface area contributed by atoms with Gasteiger partial charge in [0.1, 0.15) is 6.04 Å². The maximum atomic E-state index is 12.8. The molecule has 2 heterocycles. The smallest absolute Gasteiger partial charge is 0.338 e. The number of aromatic nitrogens is 3. The third kappa shape index (κ3) is 4.54. The van der Waals surface area contributed by atoms with Crippen molar-refractivity contribution < 1.29 is 9.53 Å². The Kier molecular flexibility index (Phi) is 6.58. The number of carbonyl (C=O) groups is 1. The fourth-order valence-electron chi connectivity index (χ4n) is 3.80. The first-order chi connectivity index (χ1) is 15.4. The van der Waals surface area contributed by atoms with E-state index in [1.165, 1.54) is 16.7 Å². The molecule has 0 bridgehead atoms. The summed E-state index contributed by atoms with van der Waals surface area (Å²) >= 11 is 7.83. The molecule has 0 aliphatic carbocycles. The number of nitrogens with one attached hydrogen (secondary N) is 1. The number of anilines is 1. The number of allylic oxidation sites excluding steroid dienone is 1. The van der Waals surface area contributed by atoms with Gasteiger partial charge in [-0.05, 0) is 56.5 Å². The second-order valence-electron chi connectivity index (χ2n) is 7.72. The Labute approximate surface area is 197 Å². The van der Waals surface area contributed by atoms with Crippen LogP contribution in [-0.2, 0) is 15.3 Å². The summed E-state index contributed by atoms with van der Waals surface area (Å²) in [5.74, 6) is 0.964. The van der Waals surface area contributed by atoms with Gasteiger partial charge in [-0.15, -0.1) is 5.10 Å². The van der Waals surface area contributed by atoms with Gasteiger partial charge in [0.05, 0.1) is 12.2 Å². The lowest BCUT2D eigenvalue weighted by atomic mass is 9.96. The van der Waals surface area contributed by atoms with Crippen LogP contribution in [0.1, 0.15) is 42.1 Å². The molecule has 0 saturated carbocycles.